The van der Waals surface area contributed by atoms with Gasteiger partial charge >= 0.3 is 0 Å². The predicted octanol–water partition coefficient (Wildman–Crippen LogP) is 2.62. The molecule has 0 saturated heterocycles. The molecule has 0 unspecified atom stereocenters. The number of nitrogens with one attached hydrogen (secondary N) is 1. The molecule has 0 amide bonds. The van der Waals surface area contributed by atoms with Crippen LogP contribution in [0.5, 0.6) is 5.75 Å². The van der Waals surface area contributed by atoms with Crippen molar-refractivity contribution in [3.8, 4) is 5.75 Å². The van der Waals surface area contributed by atoms with Gasteiger partial charge in [-0.15, -0.1) is 0 Å². The Morgan fingerprint density at radius 1 is 1.22 bits per heavy atom. The monoisotopic (exact) mass is 244 g/mol. The van der Waals surface area contributed by atoms with E-state index in [1.807, 2.05) is 13.1 Å². The topological polar surface area (TPSA) is 34.2 Å². The van der Waals surface area contributed by atoms with Gasteiger partial charge in [0.05, 0.1) is 7.11 Å². The fraction of sp³-hybridized carbons (Fsp3) is 0.400. The first-order valence-electron chi connectivity index (χ1n) is 6.25. The molecule has 2 rings (SSSR count). The summed E-state index contributed by atoms with van der Waals surface area (Å²) in [5.74, 6) is 0.848. The van der Waals surface area contributed by atoms with Crippen LogP contribution in [0.15, 0.2) is 18.2 Å². The van der Waals surface area contributed by atoms with Crippen molar-refractivity contribution in [2.45, 2.75) is 20.3 Å². The Morgan fingerprint density at radius 3 is 2.67 bits per heavy atom. The molecule has 0 saturated carbocycles. The van der Waals surface area contributed by atoms with E-state index in [1.165, 1.54) is 16.5 Å². The Labute approximate surface area is 108 Å². The highest BCUT2D eigenvalue weighted by Crippen LogP contribution is 2.28. The lowest BCUT2D eigenvalue weighted by atomic mass is 10.0. The molecule has 0 aliphatic heterocycles. The van der Waals surface area contributed by atoms with Crippen molar-refractivity contribution >= 4 is 10.9 Å². The SMILES string of the molecule is CNCCc1nc2c(OC)ccc(C)c2cc1C. The van der Waals surface area contributed by atoms with Crippen LogP contribution in [0, 0.1) is 13.8 Å². The third kappa shape index (κ3) is 2.31. The lowest BCUT2D eigenvalue weighted by molar-refractivity contribution is 0.418. The van der Waals surface area contributed by atoms with Crippen LogP contribution in [0.1, 0.15) is 16.8 Å². The van der Waals surface area contributed by atoms with Gasteiger partial charge < -0.3 is 10.1 Å². The van der Waals surface area contributed by atoms with Crippen molar-refractivity contribution in [3.05, 3.63) is 35.0 Å². The summed E-state index contributed by atoms with van der Waals surface area (Å²) in [5.41, 5.74) is 4.59. The van der Waals surface area contributed by atoms with Gasteiger partial charge in [-0.1, -0.05) is 6.07 Å². The van der Waals surface area contributed by atoms with E-state index in [0.29, 0.717) is 0 Å². The molecule has 1 heterocycles. The number of aromatic nitrogens is 1. The Morgan fingerprint density at radius 2 is 2.00 bits per heavy atom. The number of hydrogen-bond donors (Lipinski definition) is 1. The first-order valence-corrected chi connectivity index (χ1v) is 6.25. The molecule has 1 N–H and O–H groups in total. The fourth-order valence-electron chi connectivity index (χ4n) is 2.17. The smallest absolute Gasteiger partial charge is 0.145 e. The second kappa shape index (κ2) is 5.36. The quantitative estimate of drug-likeness (QED) is 0.897. The van der Waals surface area contributed by atoms with Gasteiger partial charge in [0.25, 0.3) is 0 Å². The molecule has 3 nitrogen and oxygen atoms in total. The van der Waals surface area contributed by atoms with E-state index in [9.17, 15) is 0 Å². The number of pyridine rings is 1. The van der Waals surface area contributed by atoms with Gasteiger partial charge in [-0.2, -0.15) is 0 Å². The number of benzene rings is 1. The zero-order chi connectivity index (χ0) is 13.1. The summed E-state index contributed by atoms with van der Waals surface area (Å²) >= 11 is 0. The summed E-state index contributed by atoms with van der Waals surface area (Å²) in [5, 5.41) is 4.34. The van der Waals surface area contributed by atoms with E-state index < -0.39 is 0 Å². The molecule has 0 spiro atoms. The molecule has 3 heteroatoms. The van der Waals surface area contributed by atoms with Gasteiger partial charge in [0.1, 0.15) is 11.3 Å². The van der Waals surface area contributed by atoms with E-state index in [2.05, 4.69) is 31.3 Å². The number of methoxy groups -OCH3 is 1. The number of aryl methyl sites for hydroxylation is 2. The van der Waals surface area contributed by atoms with E-state index in [-0.39, 0.29) is 0 Å². The maximum absolute atomic E-state index is 5.40. The van der Waals surface area contributed by atoms with Crippen molar-refractivity contribution < 1.29 is 4.74 Å². The number of likely N-dealkylation sites (N-methyl/N-ethyl adjacent to an activating group) is 1. The number of ether oxygens (including phenoxy) is 1. The number of fused-ring (bicyclic) bond motifs is 1. The molecular formula is C15H20N2O. The highest BCUT2D eigenvalue weighted by molar-refractivity contribution is 5.88. The van der Waals surface area contributed by atoms with Crippen LogP contribution in [0.25, 0.3) is 10.9 Å². The number of hydrogen-bond acceptors (Lipinski definition) is 3. The maximum Gasteiger partial charge on any atom is 0.145 e. The van der Waals surface area contributed by atoms with Crippen molar-refractivity contribution in [1.82, 2.24) is 10.3 Å². The molecule has 0 atom stereocenters. The van der Waals surface area contributed by atoms with Crippen molar-refractivity contribution in [1.29, 1.82) is 0 Å². The van der Waals surface area contributed by atoms with Crippen molar-refractivity contribution in [2.75, 3.05) is 20.7 Å². The van der Waals surface area contributed by atoms with Crippen LogP contribution in [0.4, 0.5) is 0 Å². The average Bonchev–Trinajstić information content (AvgIpc) is 2.38. The summed E-state index contributed by atoms with van der Waals surface area (Å²) in [6.45, 7) is 5.17. The molecule has 0 bridgehead atoms. The standard InChI is InChI=1S/C15H20N2O/c1-10-5-6-14(18-4)15-12(10)9-11(2)13(17-15)7-8-16-3/h5-6,9,16H,7-8H2,1-4H3. The van der Waals surface area contributed by atoms with Crippen LogP contribution in [0.3, 0.4) is 0 Å². The maximum atomic E-state index is 5.40. The van der Waals surface area contributed by atoms with Crippen LogP contribution >= 0.6 is 0 Å². The minimum Gasteiger partial charge on any atom is -0.494 e. The Kier molecular flexibility index (Phi) is 3.82. The van der Waals surface area contributed by atoms with Crippen LogP contribution < -0.4 is 10.1 Å². The van der Waals surface area contributed by atoms with Crippen LogP contribution in [-0.4, -0.2) is 25.7 Å². The van der Waals surface area contributed by atoms with Crippen LogP contribution in [-0.2, 0) is 6.42 Å². The second-order valence-electron chi connectivity index (χ2n) is 4.59. The molecule has 1 aromatic carbocycles. The van der Waals surface area contributed by atoms with Crippen LogP contribution in [0.2, 0.25) is 0 Å². The highest BCUT2D eigenvalue weighted by Gasteiger charge is 2.09. The van der Waals surface area contributed by atoms with Gasteiger partial charge in [-0.25, -0.2) is 4.98 Å². The summed E-state index contributed by atoms with van der Waals surface area (Å²) in [6.07, 6.45) is 0.940. The highest BCUT2D eigenvalue weighted by atomic mass is 16.5. The summed E-state index contributed by atoms with van der Waals surface area (Å²) in [4.78, 5) is 4.78. The van der Waals surface area contributed by atoms with Crippen molar-refractivity contribution in [2.24, 2.45) is 0 Å². The molecule has 2 aromatic rings. The second-order valence-corrected chi connectivity index (χ2v) is 4.59. The van der Waals surface area contributed by atoms with Gasteiger partial charge in [0.15, 0.2) is 0 Å². The zero-order valence-electron chi connectivity index (χ0n) is 11.5. The molecule has 0 aliphatic carbocycles. The van der Waals surface area contributed by atoms with Gasteiger partial charge in [0, 0.05) is 24.0 Å². The minimum atomic E-state index is 0.848. The lowest BCUT2D eigenvalue weighted by Crippen LogP contribution is -2.12. The minimum absolute atomic E-state index is 0.848. The molecule has 1 aromatic heterocycles. The van der Waals surface area contributed by atoms with E-state index in [0.717, 1.165) is 29.9 Å². The molecule has 18 heavy (non-hydrogen) atoms. The zero-order valence-corrected chi connectivity index (χ0v) is 11.5. The molecule has 0 aliphatic rings. The van der Waals surface area contributed by atoms with Gasteiger partial charge in [-0.3, -0.25) is 0 Å². The Hall–Kier alpha value is -1.61. The van der Waals surface area contributed by atoms with Gasteiger partial charge in [-0.05, 0) is 44.2 Å². The van der Waals surface area contributed by atoms with Crippen molar-refractivity contribution in [3.63, 3.8) is 0 Å². The first kappa shape index (κ1) is 12.8. The molecular weight excluding hydrogens is 224 g/mol. The van der Waals surface area contributed by atoms with E-state index >= 15 is 0 Å². The lowest BCUT2D eigenvalue weighted by Gasteiger charge is -2.11. The normalized spacial score (nSPS) is 10.9. The van der Waals surface area contributed by atoms with Gasteiger partial charge in [0.2, 0.25) is 0 Å². The third-order valence-corrected chi connectivity index (χ3v) is 3.29. The largest absolute Gasteiger partial charge is 0.494 e. The summed E-state index contributed by atoms with van der Waals surface area (Å²) in [6, 6.07) is 6.28. The number of nitrogens with zero attached hydrogens (tertiary/aromatic N) is 1. The molecule has 96 valence electrons. The molecule has 0 fully saturated rings. The fourth-order valence-corrected chi connectivity index (χ4v) is 2.17. The predicted molar refractivity (Wildman–Crippen MR) is 75.4 cm³/mol. The van der Waals surface area contributed by atoms with E-state index in [4.69, 9.17) is 9.72 Å². The third-order valence-electron chi connectivity index (χ3n) is 3.29. The Balaban J connectivity index is 2.60. The molecule has 0 radical (unpaired) electrons. The first-order chi connectivity index (χ1) is 8.67. The number of rotatable bonds is 4. The Bertz CT molecular complexity index is 564. The summed E-state index contributed by atoms with van der Waals surface area (Å²) < 4.78 is 5.40. The van der Waals surface area contributed by atoms with E-state index in [1.54, 1.807) is 7.11 Å². The summed E-state index contributed by atoms with van der Waals surface area (Å²) in [7, 11) is 3.65. The average molecular weight is 244 g/mol.